The number of aldehydes is 1. The van der Waals surface area contributed by atoms with Gasteiger partial charge in [-0.2, -0.15) is 0 Å². The van der Waals surface area contributed by atoms with Crippen LogP contribution >= 0.6 is 0 Å². The van der Waals surface area contributed by atoms with E-state index in [0.717, 1.165) is 28.3 Å². The third-order valence-corrected chi connectivity index (χ3v) is 4.33. The number of fused-ring (bicyclic) bond motifs is 1. The van der Waals surface area contributed by atoms with Gasteiger partial charge in [-0.25, -0.2) is 0 Å². The number of carbonyl (C=O) groups is 3. The molecule has 0 saturated heterocycles. The van der Waals surface area contributed by atoms with Crippen LogP contribution in [0.3, 0.4) is 0 Å². The van der Waals surface area contributed by atoms with E-state index in [1.165, 1.54) is 18.2 Å². The Morgan fingerprint density at radius 2 is 1.82 bits per heavy atom. The maximum atomic E-state index is 11.9. The van der Waals surface area contributed by atoms with E-state index >= 15 is 0 Å². The van der Waals surface area contributed by atoms with E-state index in [-0.39, 0.29) is 23.9 Å². The summed E-state index contributed by atoms with van der Waals surface area (Å²) in [5.41, 5.74) is 3.29. The lowest BCUT2D eigenvalue weighted by Crippen LogP contribution is -2.27. The van der Waals surface area contributed by atoms with Crippen molar-refractivity contribution in [1.82, 2.24) is 10.3 Å². The smallest absolute Gasteiger partial charge is 0.227 e. The molecule has 0 bridgehead atoms. The van der Waals surface area contributed by atoms with E-state index in [1.54, 1.807) is 24.3 Å². The Kier molecular flexibility index (Phi) is 6.01. The molecule has 0 fully saturated rings. The first-order valence-electron chi connectivity index (χ1n) is 8.87. The summed E-state index contributed by atoms with van der Waals surface area (Å²) in [6.07, 6.45) is 5.98. The van der Waals surface area contributed by atoms with Gasteiger partial charge in [-0.05, 0) is 54.0 Å². The number of aromatic nitrogens is 1. The highest BCUT2D eigenvalue weighted by Crippen LogP contribution is 2.19. The number of hydrogen-bond donors (Lipinski definition) is 3. The van der Waals surface area contributed by atoms with Crippen molar-refractivity contribution in [3.63, 3.8) is 0 Å². The molecule has 0 saturated carbocycles. The second-order valence-electron chi connectivity index (χ2n) is 6.40. The van der Waals surface area contributed by atoms with Gasteiger partial charge in [0.05, 0.1) is 6.42 Å². The molecule has 1 heterocycles. The molecule has 28 heavy (non-hydrogen) atoms. The van der Waals surface area contributed by atoms with Crippen molar-refractivity contribution in [2.45, 2.75) is 12.8 Å². The molecule has 142 valence electrons. The number of benzene rings is 2. The number of allylic oxidation sites excluding steroid dienone is 1. The van der Waals surface area contributed by atoms with Crippen LogP contribution in [0.25, 0.3) is 17.0 Å². The Hall–Kier alpha value is -3.67. The molecule has 1 amide bonds. The molecule has 1 aromatic heterocycles. The lowest BCUT2D eigenvalue weighted by molar-refractivity contribution is -0.126. The lowest BCUT2D eigenvalue weighted by Gasteiger charge is -2.04. The summed E-state index contributed by atoms with van der Waals surface area (Å²) in [7, 11) is 0. The minimum Gasteiger partial charge on any atom is -0.508 e. The molecule has 0 aliphatic heterocycles. The Labute approximate surface area is 161 Å². The topological polar surface area (TPSA) is 99.3 Å². The molecule has 2 aromatic carbocycles. The number of nitrogens with one attached hydrogen (secondary N) is 2. The van der Waals surface area contributed by atoms with Crippen molar-refractivity contribution in [2.24, 2.45) is 0 Å². The van der Waals surface area contributed by atoms with E-state index in [4.69, 9.17) is 0 Å². The molecule has 3 N–H and O–H groups in total. The van der Waals surface area contributed by atoms with E-state index in [1.807, 2.05) is 18.3 Å². The van der Waals surface area contributed by atoms with E-state index in [9.17, 15) is 19.5 Å². The molecule has 6 nitrogen and oxygen atoms in total. The van der Waals surface area contributed by atoms with Gasteiger partial charge in [0, 0.05) is 29.2 Å². The molecule has 6 heteroatoms. The van der Waals surface area contributed by atoms with Crippen LogP contribution in [0.5, 0.6) is 5.75 Å². The number of aromatic hydroxyl groups is 1. The minimum atomic E-state index is -0.339. The van der Waals surface area contributed by atoms with Crippen LogP contribution in [0, 0.1) is 0 Å². The van der Waals surface area contributed by atoms with Crippen LogP contribution in [0.4, 0.5) is 0 Å². The average Bonchev–Trinajstić information content (AvgIpc) is 3.09. The zero-order valence-electron chi connectivity index (χ0n) is 15.1. The van der Waals surface area contributed by atoms with Crippen LogP contribution in [-0.2, 0) is 16.0 Å². The number of rotatable bonds is 8. The summed E-state index contributed by atoms with van der Waals surface area (Å²) < 4.78 is 0. The van der Waals surface area contributed by atoms with Crippen molar-refractivity contribution in [1.29, 1.82) is 0 Å². The van der Waals surface area contributed by atoms with Gasteiger partial charge >= 0.3 is 0 Å². The number of aromatic amines is 1. The average molecular weight is 376 g/mol. The summed E-state index contributed by atoms with van der Waals surface area (Å²) in [6, 6.07) is 11.8. The van der Waals surface area contributed by atoms with Crippen molar-refractivity contribution in [3.8, 4) is 5.75 Å². The van der Waals surface area contributed by atoms with Gasteiger partial charge in [-0.1, -0.05) is 18.2 Å². The molecule has 0 aliphatic rings. The molecule has 3 rings (SSSR count). The maximum Gasteiger partial charge on any atom is 0.227 e. The van der Waals surface area contributed by atoms with Crippen LogP contribution in [0.15, 0.2) is 54.7 Å². The fourth-order valence-corrected chi connectivity index (χ4v) is 2.87. The van der Waals surface area contributed by atoms with Gasteiger partial charge in [0.15, 0.2) is 5.78 Å². The molecular formula is C22H20N2O4. The Morgan fingerprint density at radius 3 is 2.57 bits per heavy atom. The van der Waals surface area contributed by atoms with E-state index in [0.29, 0.717) is 18.5 Å². The maximum absolute atomic E-state index is 11.9. The molecule has 0 spiro atoms. The number of ketones is 1. The van der Waals surface area contributed by atoms with Crippen molar-refractivity contribution < 1.29 is 19.5 Å². The third kappa shape index (κ3) is 4.94. The second kappa shape index (κ2) is 8.81. The van der Waals surface area contributed by atoms with Gasteiger partial charge in [-0.3, -0.25) is 14.4 Å². The fourth-order valence-electron chi connectivity index (χ4n) is 2.87. The third-order valence-electron chi connectivity index (χ3n) is 4.33. The molecule has 0 atom stereocenters. The minimum absolute atomic E-state index is 0.153. The number of phenols is 1. The van der Waals surface area contributed by atoms with Crippen molar-refractivity contribution >= 4 is 35.0 Å². The van der Waals surface area contributed by atoms with Crippen molar-refractivity contribution in [2.75, 3.05) is 6.54 Å². The molecule has 0 unspecified atom stereocenters. The van der Waals surface area contributed by atoms with Gasteiger partial charge < -0.3 is 15.4 Å². The number of carbonyl (C=O) groups excluding carboxylic acids is 3. The SMILES string of the molecule is O=Cc1ccc2[nH]cc(CCNC(=O)CC(=O)/C=C/c3ccc(O)cc3)c2c1. The monoisotopic (exact) mass is 376 g/mol. The Balaban J connectivity index is 1.48. The van der Waals surface area contributed by atoms with Crippen LogP contribution in [0.1, 0.15) is 27.9 Å². The highest BCUT2D eigenvalue weighted by Gasteiger charge is 2.08. The first kappa shape index (κ1) is 19.1. The molecule has 0 aliphatic carbocycles. The van der Waals surface area contributed by atoms with E-state index in [2.05, 4.69) is 10.3 Å². The van der Waals surface area contributed by atoms with Gasteiger partial charge in [0.2, 0.25) is 5.91 Å². The number of phenolic OH excluding ortho intramolecular Hbond substituents is 1. The van der Waals surface area contributed by atoms with Crippen molar-refractivity contribution in [3.05, 3.63) is 71.4 Å². The van der Waals surface area contributed by atoms with Gasteiger partial charge in [0.1, 0.15) is 12.0 Å². The Morgan fingerprint density at radius 1 is 1.07 bits per heavy atom. The van der Waals surface area contributed by atoms with Gasteiger partial charge in [-0.15, -0.1) is 0 Å². The summed E-state index contributed by atoms with van der Waals surface area (Å²) in [5, 5.41) is 12.9. The molecule has 3 aromatic rings. The first-order valence-corrected chi connectivity index (χ1v) is 8.87. The highest BCUT2D eigenvalue weighted by molar-refractivity contribution is 6.05. The molecular weight excluding hydrogens is 356 g/mol. The standard InChI is InChI=1S/C22H20N2O4/c25-14-16-4-8-21-20(11-16)17(13-24-21)9-10-23-22(28)12-19(27)7-3-15-1-5-18(26)6-2-15/h1-8,11,13-14,24,26H,9-10,12H2,(H,23,28)/b7-3+. The summed E-state index contributed by atoms with van der Waals surface area (Å²) in [6.45, 7) is 0.395. The summed E-state index contributed by atoms with van der Waals surface area (Å²) in [5.74, 6) is -0.484. The predicted octanol–water partition coefficient (Wildman–Crippen LogP) is 3.02. The summed E-state index contributed by atoms with van der Waals surface area (Å²) in [4.78, 5) is 37.9. The fraction of sp³-hybridized carbons (Fsp3) is 0.136. The van der Waals surface area contributed by atoms with E-state index < -0.39 is 0 Å². The number of amides is 1. The predicted molar refractivity (Wildman–Crippen MR) is 107 cm³/mol. The van der Waals surface area contributed by atoms with Crippen LogP contribution in [0.2, 0.25) is 0 Å². The number of H-pyrrole nitrogens is 1. The largest absolute Gasteiger partial charge is 0.508 e. The lowest BCUT2D eigenvalue weighted by atomic mass is 10.1. The normalized spacial score (nSPS) is 11.0. The summed E-state index contributed by atoms with van der Waals surface area (Å²) >= 11 is 0. The first-order chi connectivity index (χ1) is 13.5. The zero-order chi connectivity index (χ0) is 19.9. The Bertz CT molecular complexity index is 1030. The van der Waals surface area contributed by atoms with Crippen LogP contribution < -0.4 is 5.32 Å². The number of hydrogen-bond acceptors (Lipinski definition) is 4. The second-order valence-corrected chi connectivity index (χ2v) is 6.40. The van der Waals surface area contributed by atoms with Crippen LogP contribution in [-0.4, -0.2) is 34.6 Å². The highest BCUT2D eigenvalue weighted by atomic mass is 16.3. The molecule has 0 radical (unpaired) electrons. The van der Waals surface area contributed by atoms with Gasteiger partial charge in [0.25, 0.3) is 0 Å². The zero-order valence-corrected chi connectivity index (χ0v) is 15.1. The quantitative estimate of drug-likeness (QED) is 0.320.